The molecule has 0 heterocycles. The van der Waals surface area contributed by atoms with E-state index in [0.29, 0.717) is 0 Å². The lowest BCUT2D eigenvalue weighted by Gasteiger charge is -2.23. The molecule has 10 rings (SSSR count). The molecule has 0 N–H and O–H groups in total. The molecule has 0 saturated carbocycles. The third-order valence-corrected chi connectivity index (χ3v) is 10.8. The van der Waals surface area contributed by atoms with Gasteiger partial charge in [-0.05, 0) is 109 Å². The molecule has 0 amide bonds. The molecule has 0 fully saturated rings. The maximum atomic E-state index is 4.41. The number of hydrogen-bond donors (Lipinski definition) is 0. The third kappa shape index (κ3) is 4.00. The fraction of sp³-hybridized carbons (Fsp3) is 0. The molecule has 0 saturated heterocycles. The predicted molar refractivity (Wildman–Crippen MR) is 219 cm³/mol. The van der Waals surface area contributed by atoms with E-state index in [1.54, 1.807) is 0 Å². The van der Waals surface area contributed by atoms with Gasteiger partial charge >= 0.3 is 0 Å². The van der Waals surface area contributed by atoms with Crippen LogP contribution in [0.2, 0.25) is 0 Å². The van der Waals surface area contributed by atoms with Gasteiger partial charge in [0.25, 0.3) is 0 Å². The van der Waals surface area contributed by atoms with Gasteiger partial charge in [-0.25, -0.2) is 0 Å². The van der Waals surface area contributed by atoms with Crippen molar-refractivity contribution in [3.63, 3.8) is 0 Å². The van der Waals surface area contributed by atoms with Gasteiger partial charge < -0.3 is 0 Å². The van der Waals surface area contributed by atoms with Crippen LogP contribution >= 0.6 is 0 Å². The molecular weight excluding hydrogens is 601 g/mol. The Balaban J connectivity index is 1.31. The van der Waals surface area contributed by atoms with Crippen molar-refractivity contribution < 1.29 is 0 Å². The maximum Gasteiger partial charge on any atom is -0.00203 e. The van der Waals surface area contributed by atoms with Crippen LogP contribution in [-0.4, -0.2) is 0 Å². The number of rotatable bonds is 5. The lowest BCUT2D eigenvalue weighted by molar-refractivity contribution is 1.61. The summed E-state index contributed by atoms with van der Waals surface area (Å²) < 4.78 is 0. The van der Waals surface area contributed by atoms with Crippen molar-refractivity contribution in [3.05, 3.63) is 182 Å². The van der Waals surface area contributed by atoms with E-state index in [4.69, 9.17) is 0 Å². The van der Waals surface area contributed by atoms with Crippen LogP contribution in [-0.2, 0) is 0 Å². The fourth-order valence-corrected chi connectivity index (χ4v) is 8.64. The SMILES string of the molecule is C=Cc1c(C=C)c(-c2ccc3ccc4c(-c5cccc6ccccc56)ccc5ccc2c3c54)c2ccccc2c1-c1cccc2ccccc12. The van der Waals surface area contributed by atoms with Crippen LogP contribution in [0, 0.1) is 0 Å². The van der Waals surface area contributed by atoms with Gasteiger partial charge in [-0.15, -0.1) is 0 Å². The Kier molecular flexibility index (Phi) is 6.28. The van der Waals surface area contributed by atoms with Gasteiger partial charge in [0.1, 0.15) is 0 Å². The standard InChI is InChI=1S/C50H32/c1-3-35-36(4-2)50(43-20-10-9-19-42(43)49(35)41-22-12-16-32-14-6-8-18-38(32)41)46-30-26-34-24-28-44-40(27-23-33-25-29-45(46)48(34)47(33)44)39-21-11-15-31-13-5-7-17-37(31)39/h3-30H,1-2H2. The van der Waals surface area contributed by atoms with Crippen molar-refractivity contribution >= 4 is 76.8 Å². The van der Waals surface area contributed by atoms with Gasteiger partial charge in [-0.2, -0.15) is 0 Å². The molecule has 0 radical (unpaired) electrons. The van der Waals surface area contributed by atoms with Crippen LogP contribution in [0.15, 0.2) is 171 Å². The Morgan fingerprint density at radius 3 is 1.22 bits per heavy atom. The van der Waals surface area contributed by atoms with E-state index >= 15 is 0 Å². The first kappa shape index (κ1) is 28.5. The van der Waals surface area contributed by atoms with Crippen molar-refractivity contribution in [2.45, 2.75) is 0 Å². The first-order chi connectivity index (χ1) is 24.7. The highest BCUT2D eigenvalue weighted by Gasteiger charge is 2.22. The first-order valence-electron chi connectivity index (χ1n) is 17.3. The van der Waals surface area contributed by atoms with E-state index < -0.39 is 0 Å². The van der Waals surface area contributed by atoms with Crippen molar-refractivity contribution in [1.29, 1.82) is 0 Å². The Morgan fingerprint density at radius 1 is 0.280 bits per heavy atom. The quantitative estimate of drug-likeness (QED) is 0.166. The van der Waals surface area contributed by atoms with Gasteiger partial charge in [-0.3, -0.25) is 0 Å². The summed E-state index contributed by atoms with van der Waals surface area (Å²) in [5, 5.41) is 15.1. The summed E-state index contributed by atoms with van der Waals surface area (Å²) in [6.45, 7) is 8.80. The molecule has 0 unspecified atom stereocenters. The molecule has 0 aliphatic rings. The van der Waals surface area contributed by atoms with Crippen molar-refractivity contribution in [3.8, 4) is 33.4 Å². The van der Waals surface area contributed by atoms with E-state index in [1.165, 1.54) is 98.0 Å². The van der Waals surface area contributed by atoms with Crippen LogP contribution in [0.25, 0.3) is 110 Å². The molecule has 0 aromatic heterocycles. The molecule has 232 valence electrons. The third-order valence-electron chi connectivity index (χ3n) is 10.8. The van der Waals surface area contributed by atoms with Gasteiger partial charge in [0.2, 0.25) is 0 Å². The first-order valence-corrected chi connectivity index (χ1v) is 17.3. The van der Waals surface area contributed by atoms with Crippen molar-refractivity contribution in [1.82, 2.24) is 0 Å². The second-order valence-corrected chi connectivity index (χ2v) is 13.2. The van der Waals surface area contributed by atoms with Crippen molar-refractivity contribution in [2.75, 3.05) is 0 Å². The Labute approximate surface area is 291 Å². The van der Waals surface area contributed by atoms with E-state index in [-0.39, 0.29) is 0 Å². The minimum Gasteiger partial charge on any atom is -0.0984 e. The normalized spacial score (nSPS) is 11.8. The average molecular weight is 633 g/mol. The van der Waals surface area contributed by atoms with Crippen LogP contribution in [0.5, 0.6) is 0 Å². The zero-order valence-corrected chi connectivity index (χ0v) is 27.6. The summed E-state index contributed by atoms with van der Waals surface area (Å²) in [5.74, 6) is 0. The molecule has 0 heteroatoms. The number of hydrogen-bond acceptors (Lipinski definition) is 0. The summed E-state index contributed by atoms with van der Waals surface area (Å²) in [6.07, 6.45) is 4.06. The minimum atomic E-state index is 1.10. The molecule has 0 atom stereocenters. The maximum absolute atomic E-state index is 4.41. The molecule has 10 aromatic carbocycles. The van der Waals surface area contributed by atoms with Crippen LogP contribution in [0.1, 0.15) is 11.1 Å². The highest BCUT2D eigenvalue weighted by molar-refractivity contribution is 6.29. The number of benzene rings is 10. The topological polar surface area (TPSA) is 0 Å². The summed E-state index contributed by atoms with van der Waals surface area (Å²) in [7, 11) is 0. The minimum absolute atomic E-state index is 1.10. The summed E-state index contributed by atoms with van der Waals surface area (Å²) in [6, 6.07) is 57.9. The van der Waals surface area contributed by atoms with E-state index in [2.05, 4.69) is 171 Å². The van der Waals surface area contributed by atoms with Gasteiger partial charge in [0.05, 0.1) is 0 Å². The lowest BCUT2D eigenvalue weighted by atomic mass is 9.80. The molecule has 50 heavy (non-hydrogen) atoms. The van der Waals surface area contributed by atoms with Gasteiger partial charge in [-0.1, -0.05) is 183 Å². The lowest BCUT2D eigenvalue weighted by Crippen LogP contribution is -1.97. The Morgan fingerprint density at radius 2 is 0.660 bits per heavy atom. The van der Waals surface area contributed by atoms with Crippen LogP contribution in [0.4, 0.5) is 0 Å². The monoisotopic (exact) mass is 632 g/mol. The largest absolute Gasteiger partial charge is 0.0984 e. The van der Waals surface area contributed by atoms with Crippen molar-refractivity contribution in [2.24, 2.45) is 0 Å². The zero-order valence-electron chi connectivity index (χ0n) is 27.6. The molecule has 0 bridgehead atoms. The smallest absolute Gasteiger partial charge is 0.00203 e. The van der Waals surface area contributed by atoms with Gasteiger partial charge in [0, 0.05) is 0 Å². The van der Waals surface area contributed by atoms with E-state index in [1.807, 2.05) is 12.2 Å². The zero-order chi connectivity index (χ0) is 33.3. The highest BCUT2D eigenvalue weighted by Crippen LogP contribution is 2.48. The highest BCUT2D eigenvalue weighted by atomic mass is 14.3. The van der Waals surface area contributed by atoms with Gasteiger partial charge in [0.15, 0.2) is 0 Å². The Hall–Kier alpha value is -6.50. The van der Waals surface area contributed by atoms with Crippen LogP contribution in [0.3, 0.4) is 0 Å². The molecule has 0 aliphatic carbocycles. The summed E-state index contributed by atoms with van der Waals surface area (Å²) in [4.78, 5) is 0. The molecule has 0 spiro atoms. The second-order valence-electron chi connectivity index (χ2n) is 13.2. The fourth-order valence-electron chi connectivity index (χ4n) is 8.64. The summed E-state index contributed by atoms with van der Waals surface area (Å²) >= 11 is 0. The molecule has 0 nitrogen and oxygen atoms in total. The number of fused-ring (bicyclic) bond motifs is 3. The Bertz CT molecular complexity index is 3000. The second kappa shape index (κ2) is 11.0. The average Bonchev–Trinajstić information content (AvgIpc) is 3.18. The van der Waals surface area contributed by atoms with Crippen LogP contribution < -0.4 is 0 Å². The molecule has 10 aromatic rings. The van der Waals surface area contributed by atoms with E-state index in [9.17, 15) is 0 Å². The summed E-state index contributed by atoms with van der Waals surface area (Å²) in [5.41, 5.74) is 9.55. The molecule has 0 aliphatic heterocycles. The predicted octanol–water partition coefficient (Wildman–Crippen LogP) is 14.3. The van der Waals surface area contributed by atoms with E-state index in [0.717, 1.165) is 11.1 Å². The molecular formula is C50H32.